The molecule has 0 spiro atoms. The van der Waals surface area contributed by atoms with Crippen molar-refractivity contribution >= 4 is 48.1 Å². The molecule has 178 valence electrons. The van der Waals surface area contributed by atoms with Gasteiger partial charge in [-0.1, -0.05) is 30.3 Å². The molecule has 3 amide bonds. The fraction of sp³-hybridized carbons (Fsp3) is 0.500. The van der Waals surface area contributed by atoms with Crippen molar-refractivity contribution in [1.82, 2.24) is 16.0 Å². The maximum absolute atomic E-state index is 12.7. The van der Waals surface area contributed by atoms with E-state index in [1.165, 1.54) is 11.8 Å². The Morgan fingerprint density at radius 1 is 1.00 bits per heavy atom. The summed E-state index contributed by atoms with van der Waals surface area (Å²) in [5.41, 5.74) is 6.85. The van der Waals surface area contributed by atoms with Crippen molar-refractivity contribution in [3.05, 3.63) is 35.9 Å². The van der Waals surface area contributed by atoms with Crippen LogP contribution < -0.4 is 21.7 Å². The monoisotopic (exact) mass is 486 g/mol. The summed E-state index contributed by atoms with van der Waals surface area (Å²) in [6, 6.07) is 4.64. The molecule has 1 rings (SSSR count). The van der Waals surface area contributed by atoms with E-state index in [2.05, 4.69) is 28.6 Å². The first-order chi connectivity index (χ1) is 15.2. The Morgan fingerprint density at radius 3 is 2.09 bits per heavy atom. The number of aliphatic carboxylic acids is 1. The highest BCUT2D eigenvalue weighted by Gasteiger charge is 2.29. The molecule has 0 aliphatic rings. The zero-order valence-corrected chi connectivity index (χ0v) is 19.4. The predicted octanol–water partition coefficient (Wildman–Crippen LogP) is -1.23. The third-order valence-corrected chi connectivity index (χ3v) is 5.50. The van der Waals surface area contributed by atoms with Gasteiger partial charge in [-0.3, -0.25) is 14.4 Å². The number of benzene rings is 1. The van der Waals surface area contributed by atoms with E-state index < -0.39 is 54.5 Å². The van der Waals surface area contributed by atoms with Crippen molar-refractivity contribution < 1.29 is 29.4 Å². The molecule has 4 unspecified atom stereocenters. The number of rotatable bonds is 14. The van der Waals surface area contributed by atoms with Crippen LogP contribution >= 0.6 is 24.4 Å². The summed E-state index contributed by atoms with van der Waals surface area (Å²) in [4.78, 5) is 48.6. The fourth-order valence-electron chi connectivity index (χ4n) is 2.67. The average molecular weight is 487 g/mol. The number of hydrogen-bond donors (Lipinski definition) is 7. The Bertz CT molecular complexity index is 768. The molecule has 7 N–H and O–H groups in total. The van der Waals surface area contributed by atoms with Crippen LogP contribution in [-0.2, 0) is 25.6 Å². The first kappa shape index (κ1) is 27.8. The van der Waals surface area contributed by atoms with Gasteiger partial charge in [0.2, 0.25) is 17.7 Å². The number of thioether (sulfide) groups is 1. The summed E-state index contributed by atoms with van der Waals surface area (Å²) < 4.78 is 0. The van der Waals surface area contributed by atoms with E-state index in [-0.39, 0.29) is 18.6 Å². The standard InChI is InChI=1S/C20H30N4O6S2/c1-32-8-7-14(22-17(26)13(21)9-12-5-3-2-4-6-12)18(27)23-15(10-25)19(28)24-16(11-31)20(29)30/h2-6,13-16,25,31H,7-11,21H2,1H3,(H,22,26)(H,23,27)(H,24,28)(H,29,30). The van der Waals surface area contributed by atoms with E-state index in [0.29, 0.717) is 5.75 Å². The van der Waals surface area contributed by atoms with Crippen molar-refractivity contribution in [2.45, 2.75) is 37.0 Å². The lowest BCUT2D eigenvalue weighted by molar-refractivity contribution is -0.142. The molecule has 0 radical (unpaired) electrons. The lowest BCUT2D eigenvalue weighted by Gasteiger charge is -2.24. The second kappa shape index (κ2) is 14.7. The van der Waals surface area contributed by atoms with Gasteiger partial charge in [-0.15, -0.1) is 0 Å². The molecule has 4 atom stereocenters. The molecule has 0 heterocycles. The molecule has 1 aromatic carbocycles. The number of carboxylic acids is 1. The Morgan fingerprint density at radius 2 is 1.56 bits per heavy atom. The lowest BCUT2D eigenvalue weighted by Crippen LogP contribution is -2.58. The smallest absolute Gasteiger partial charge is 0.327 e. The zero-order chi connectivity index (χ0) is 24.1. The Balaban J connectivity index is 2.79. The van der Waals surface area contributed by atoms with Gasteiger partial charge >= 0.3 is 5.97 Å². The molecule has 32 heavy (non-hydrogen) atoms. The maximum Gasteiger partial charge on any atom is 0.327 e. The van der Waals surface area contributed by atoms with Crippen LogP contribution in [0.15, 0.2) is 30.3 Å². The number of carbonyl (C=O) groups excluding carboxylic acids is 3. The number of aliphatic hydroxyl groups is 1. The Hall–Kier alpha value is -2.28. The average Bonchev–Trinajstić information content (AvgIpc) is 2.78. The van der Waals surface area contributed by atoms with Crippen molar-refractivity contribution in [2.24, 2.45) is 5.73 Å². The molecule has 0 bridgehead atoms. The number of carboxylic acid groups (broad SMARTS) is 1. The van der Waals surface area contributed by atoms with Gasteiger partial charge in [-0.05, 0) is 30.4 Å². The number of aliphatic hydroxyl groups excluding tert-OH is 1. The summed E-state index contributed by atoms with van der Waals surface area (Å²) >= 11 is 5.32. The van der Waals surface area contributed by atoms with Gasteiger partial charge in [0.05, 0.1) is 12.6 Å². The molecule has 0 fully saturated rings. The van der Waals surface area contributed by atoms with Crippen LogP contribution in [0.25, 0.3) is 0 Å². The largest absolute Gasteiger partial charge is 0.480 e. The number of carbonyl (C=O) groups is 4. The minimum atomic E-state index is -1.39. The van der Waals surface area contributed by atoms with Crippen LogP contribution in [0.5, 0.6) is 0 Å². The van der Waals surface area contributed by atoms with E-state index in [9.17, 15) is 24.3 Å². The third-order valence-electron chi connectivity index (χ3n) is 4.49. The zero-order valence-electron chi connectivity index (χ0n) is 17.7. The van der Waals surface area contributed by atoms with E-state index in [1.54, 1.807) is 0 Å². The van der Waals surface area contributed by atoms with Crippen molar-refractivity contribution in [3.63, 3.8) is 0 Å². The molecule has 0 aliphatic heterocycles. The van der Waals surface area contributed by atoms with Gasteiger partial charge in [0.1, 0.15) is 18.1 Å². The lowest BCUT2D eigenvalue weighted by atomic mass is 10.1. The highest BCUT2D eigenvalue weighted by molar-refractivity contribution is 7.98. The quantitative estimate of drug-likeness (QED) is 0.160. The van der Waals surface area contributed by atoms with Crippen LogP contribution in [-0.4, -0.2) is 82.4 Å². The normalized spacial score (nSPS) is 14.5. The molecule has 0 aromatic heterocycles. The molecule has 0 aliphatic carbocycles. The van der Waals surface area contributed by atoms with Crippen molar-refractivity contribution in [2.75, 3.05) is 24.4 Å². The molecule has 10 nitrogen and oxygen atoms in total. The summed E-state index contributed by atoms with van der Waals surface area (Å²) in [6.45, 7) is -0.757. The highest BCUT2D eigenvalue weighted by Crippen LogP contribution is 2.05. The first-order valence-corrected chi connectivity index (χ1v) is 11.9. The van der Waals surface area contributed by atoms with Crippen molar-refractivity contribution in [3.8, 4) is 0 Å². The van der Waals surface area contributed by atoms with Crippen LogP contribution in [0.3, 0.4) is 0 Å². The minimum Gasteiger partial charge on any atom is -0.480 e. The van der Waals surface area contributed by atoms with Gasteiger partial charge < -0.3 is 31.9 Å². The SMILES string of the molecule is CSCCC(NC(=O)C(N)Cc1ccccc1)C(=O)NC(CO)C(=O)NC(CS)C(=O)O. The van der Waals surface area contributed by atoms with Gasteiger partial charge in [-0.25, -0.2) is 4.79 Å². The fourth-order valence-corrected chi connectivity index (χ4v) is 3.39. The Labute approximate surface area is 196 Å². The molecular weight excluding hydrogens is 456 g/mol. The molecule has 1 aromatic rings. The first-order valence-electron chi connectivity index (χ1n) is 9.87. The number of nitrogens with two attached hydrogens (primary N) is 1. The number of amides is 3. The second-order valence-electron chi connectivity index (χ2n) is 6.96. The summed E-state index contributed by atoms with van der Waals surface area (Å²) in [5.74, 6) is -3.01. The van der Waals surface area contributed by atoms with Gasteiger partial charge in [0.15, 0.2) is 0 Å². The number of hydrogen-bond acceptors (Lipinski definition) is 8. The topological polar surface area (TPSA) is 171 Å². The van der Waals surface area contributed by atoms with Crippen molar-refractivity contribution in [1.29, 1.82) is 0 Å². The second-order valence-corrected chi connectivity index (χ2v) is 8.32. The van der Waals surface area contributed by atoms with Crippen LogP contribution in [0.2, 0.25) is 0 Å². The minimum absolute atomic E-state index is 0.168. The highest BCUT2D eigenvalue weighted by atomic mass is 32.2. The van der Waals surface area contributed by atoms with Gasteiger partial charge in [0, 0.05) is 5.75 Å². The van der Waals surface area contributed by atoms with E-state index in [1.807, 2.05) is 36.6 Å². The van der Waals surface area contributed by atoms with E-state index in [0.717, 1.165) is 5.56 Å². The number of thiol groups is 1. The summed E-state index contributed by atoms with van der Waals surface area (Å²) in [6.07, 6.45) is 2.39. The van der Waals surface area contributed by atoms with E-state index >= 15 is 0 Å². The molecule has 0 saturated heterocycles. The third kappa shape index (κ3) is 9.47. The van der Waals surface area contributed by atoms with Crippen LogP contribution in [0, 0.1) is 0 Å². The van der Waals surface area contributed by atoms with E-state index in [4.69, 9.17) is 10.8 Å². The number of nitrogens with one attached hydrogen (secondary N) is 3. The molecule has 12 heteroatoms. The summed E-state index contributed by atoms with van der Waals surface area (Å²) in [7, 11) is 0. The van der Waals surface area contributed by atoms with Gasteiger partial charge in [0.25, 0.3) is 0 Å². The maximum atomic E-state index is 12.7. The van der Waals surface area contributed by atoms with Gasteiger partial charge in [-0.2, -0.15) is 24.4 Å². The molecule has 0 saturated carbocycles. The Kier molecular flexibility index (Phi) is 12.8. The van der Waals surface area contributed by atoms with Crippen LogP contribution in [0.1, 0.15) is 12.0 Å². The van der Waals surface area contributed by atoms with Crippen LogP contribution in [0.4, 0.5) is 0 Å². The summed E-state index contributed by atoms with van der Waals surface area (Å²) in [5, 5.41) is 25.7. The predicted molar refractivity (Wildman–Crippen MR) is 125 cm³/mol. The molecular formula is C20H30N4O6S2.